The maximum absolute atomic E-state index is 4.23. The molecule has 0 aliphatic rings. The van der Waals surface area contributed by atoms with Gasteiger partial charge in [-0.05, 0) is 37.0 Å². The van der Waals surface area contributed by atoms with Crippen LogP contribution in [0, 0.1) is 0 Å². The lowest BCUT2D eigenvalue weighted by atomic mass is 9.99. The average Bonchev–Trinajstić information content (AvgIpc) is 2.85. The third-order valence-corrected chi connectivity index (χ3v) is 3.91. The molecule has 0 fully saturated rings. The second-order valence-electron chi connectivity index (χ2n) is 5.81. The highest BCUT2D eigenvalue weighted by molar-refractivity contribution is 5.26. The molecule has 2 rings (SSSR count). The number of hydrogen-bond acceptors (Lipinski definition) is 2. The van der Waals surface area contributed by atoms with Crippen LogP contribution in [-0.2, 0) is 7.05 Å². The highest BCUT2D eigenvalue weighted by Crippen LogP contribution is 2.21. The number of rotatable bonds is 5. The zero-order chi connectivity index (χ0) is 14.7. The molecule has 2 unspecified atom stereocenters. The van der Waals surface area contributed by atoms with Crippen molar-refractivity contribution in [3.63, 3.8) is 0 Å². The summed E-state index contributed by atoms with van der Waals surface area (Å²) in [6.45, 7) is 8.83. The van der Waals surface area contributed by atoms with Gasteiger partial charge >= 0.3 is 0 Å². The Bertz CT molecular complexity index is 540. The molecule has 1 aromatic carbocycles. The topological polar surface area (TPSA) is 29.9 Å². The minimum absolute atomic E-state index is 0.280. The minimum Gasteiger partial charge on any atom is -0.302 e. The smallest absolute Gasteiger partial charge is 0.0547 e. The van der Waals surface area contributed by atoms with Gasteiger partial charge in [0.25, 0.3) is 0 Å². The summed E-state index contributed by atoms with van der Waals surface area (Å²) in [5.74, 6) is 0.584. The Morgan fingerprint density at radius 1 is 0.900 bits per heavy atom. The Morgan fingerprint density at radius 3 is 2.00 bits per heavy atom. The zero-order valence-electron chi connectivity index (χ0n) is 13.1. The first kappa shape index (κ1) is 14.8. The quantitative estimate of drug-likeness (QED) is 0.892. The zero-order valence-corrected chi connectivity index (χ0v) is 13.1. The van der Waals surface area contributed by atoms with Gasteiger partial charge in [-0.15, -0.1) is 0 Å². The van der Waals surface area contributed by atoms with Crippen molar-refractivity contribution in [2.75, 3.05) is 0 Å². The molecule has 1 heterocycles. The maximum atomic E-state index is 4.23. The molecule has 0 radical (unpaired) electrons. The first-order valence-corrected chi connectivity index (χ1v) is 7.33. The van der Waals surface area contributed by atoms with Crippen LogP contribution in [0.4, 0.5) is 0 Å². The second-order valence-corrected chi connectivity index (χ2v) is 5.81. The fourth-order valence-electron chi connectivity index (χ4n) is 2.54. The van der Waals surface area contributed by atoms with Gasteiger partial charge in [0.05, 0.1) is 5.69 Å². The van der Waals surface area contributed by atoms with E-state index in [0.29, 0.717) is 12.0 Å². The third-order valence-electron chi connectivity index (χ3n) is 3.91. The van der Waals surface area contributed by atoms with Crippen LogP contribution >= 0.6 is 0 Å². The van der Waals surface area contributed by atoms with E-state index in [1.54, 1.807) is 0 Å². The molecule has 1 aromatic heterocycles. The van der Waals surface area contributed by atoms with Gasteiger partial charge in [-0.1, -0.05) is 38.1 Å². The first-order valence-electron chi connectivity index (χ1n) is 7.33. The fourth-order valence-corrected chi connectivity index (χ4v) is 2.54. The van der Waals surface area contributed by atoms with Crippen LogP contribution in [0.25, 0.3) is 0 Å². The van der Waals surface area contributed by atoms with Gasteiger partial charge < -0.3 is 5.32 Å². The average molecular weight is 271 g/mol. The van der Waals surface area contributed by atoms with Crippen molar-refractivity contribution < 1.29 is 0 Å². The molecule has 108 valence electrons. The standard InChI is InChI=1S/C17H25N3/c1-12(2)15-6-8-16(9-7-15)13(3)19-14(4)17-10-11-18-20(17)5/h6-14,19H,1-5H3. The number of nitrogens with zero attached hydrogens (tertiary/aromatic N) is 2. The van der Waals surface area contributed by atoms with Crippen LogP contribution in [0.15, 0.2) is 36.5 Å². The van der Waals surface area contributed by atoms with Gasteiger partial charge in [0.2, 0.25) is 0 Å². The summed E-state index contributed by atoms with van der Waals surface area (Å²) in [5, 5.41) is 7.85. The van der Waals surface area contributed by atoms with E-state index in [9.17, 15) is 0 Å². The van der Waals surface area contributed by atoms with Gasteiger partial charge in [0, 0.05) is 25.3 Å². The molecule has 2 aromatic rings. The van der Waals surface area contributed by atoms with Gasteiger partial charge in [-0.2, -0.15) is 5.10 Å². The molecule has 0 saturated heterocycles. The van der Waals surface area contributed by atoms with Crippen LogP contribution in [0.5, 0.6) is 0 Å². The van der Waals surface area contributed by atoms with E-state index >= 15 is 0 Å². The molecule has 3 heteroatoms. The fraction of sp³-hybridized carbons (Fsp3) is 0.471. The molecule has 0 amide bonds. The molecule has 3 nitrogen and oxygen atoms in total. The van der Waals surface area contributed by atoms with Crippen LogP contribution < -0.4 is 5.32 Å². The monoisotopic (exact) mass is 271 g/mol. The summed E-state index contributed by atoms with van der Waals surface area (Å²) in [7, 11) is 1.98. The van der Waals surface area contributed by atoms with E-state index in [0.717, 1.165) is 0 Å². The van der Waals surface area contributed by atoms with Crippen molar-refractivity contribution in [3.05, 3.63) is 53.3 Å². The van der Waals surface area contributed by atoms with E-state index in [-0.39, 0.29) is 6.04 Å². The maximum Gasteiger partial charge on any atom is 0.0547 e. The van der Waals surface area contributed by atoms with E-state index in [1.165, 1.54) is 16.8 Å². The molecular formula is C17H25N3. The Hall–Kier alpha value is -1.61. The Kier molecular flexibility index (Phi) is 4.61. The lowest BCUT2D eigenvalue weighted by molar-refractivity contribution is 0.469. The summed E-state index contributed by atoms with van der Waals surface area (Å²) >= 11 is 0. The molecule has 0 spiro atoms. The SMILES string of the molecule is CC(C)c1ccc(C(C)NC(C)c2ccnn2C)cc1. The van der Waals surface area contributed by atoms with E-state index in [1.807, 2.05) is 17.9 Å². The van der Waals surface area contributed by atoms with Crippen LogP contribution in [-0.4, -0.2) is 9.78 Å². The van der Waals surface area contributed by atoms with Crippen LogP contribution in [0.1, 0.15) is 62.5 Å². The predicted octanol–water partition coefficient (Wildman–Crippen LogP) is 3.96. The Balaban J connectivity index is 2.04. The van der Waals surface area contributed by atoms with Crippen molar-refractivity contribution >= 4 is 0 Å². The summed E-state index contributed by atoms with van der Waals surface area (Å²) < 4.78 is 1.92. The van der Waals surface area contributed by atoms with Crippen molar-refractivity contribution in [2.24, 2.45) is 7.05 Å². The highest BCUT2D eigenvalue weighted by atomic mass is 15.3. The Morgan fingerprint density at radius 2 is 1.50 bits per heavy atom. The number of hydrogen-bond donors (Lipinski definition) is 1. The first-order chi connectivity index (χ1) is 9.49. The summed E-state index contributed by atoms with van der Waals surface area (Å²) in [4.78, 5) is 0. The molecule has 1 N–H and O–H groups in total. The number of benzene rings is 1. The molecular weight excluding hydrogens is 246 g/mol. The lowest BCUT2D eigenvalue weighted by Crippen LogP contribution is -2.24. The lowest BCUT2D eigenvalue weighted by Gasteiger charge is -2.21. The summed E-state index contributed by atoms with van der Waals surface area (Å²) in [6, 6.07) is 11.6. The largest absolute Gasteiger partial charge is 0.302 e. The van der Waals surface area contributed by atoms with Crippen molar-refractivity contribution in [1.29, 1.82) is 0 Å². The summed E-state index contributed by atoms with van der Waals surface area (Å²) in [6.07, 6.45) is 1.84. The van der Waals surface area contributed by atoms with Gasteiger partial charge in [-0.3, -0.25) is 4.68 Å². The number of nitrogens with one attached hydrogen (secondary N) is 1. The van der Waals surface area contributed by atoms with Crippen molar-refractivity contribution in [3.8, 4) is 0 Å². The third kappa shape index (κ3) is 3.28. The highest BCUT2D eigenvalue weighted by Gasteiger charge is 2.13. The van der Waals surface area contributed by atoms with Crippen LogP contribution in [0.2, 0.25) is 0 Å². The van der Waals surface area contributed by atoms with Gasteiger partial charge in [0.15, 0.2) is 0 Å². The predicted molar refractivity (Wildman–Crippen MR) is 83.7 cm³/mol. The second kappa shape index (κ2) is 6.23. The van der Waals surface area contributed by atoms with Crippen LogP contribution in [0.3, 0.4) is 0 Å². The normalized spacial score (nSPS) is 14.5. The number of aromatic nitrogens is 2. The summed E-state index contributed by atoms with van der Waals surface area (Å²) in [5.41, 5.74) is 3.92. The van der Waals surface area contributed by atoms with Gasteiger partial charge in [0.1, 0.15) is 0 Å². The number of aryl methyl sites for hydroxylation is 1. The minimum atomic E-state index is 0.280. The molecule has 0 aliphatic carbocycles. The van der Waals surface area contributed by atoms with E-state index in [4.69, 9.17) is 0 Å². The molecule has 0 saturated carbocycles. The van der Waals surface area contributed by atoms with E-state index in [2.05, 4.69) is 68.4 Å². The van der Waals surface area contributed by atoms with Crippen molar-refractivity contribution in [1.82, 2.24) is 15.1 Å². The molecule has 0 aliphatic heterocycles. The molecule has 0 bridgehead atoms. The van der Waals surface area contributed by atoms with Crippen molar-refractivity contribution in [2.45, 2.75) is 45.7 Å². The molecule has 2 atom stereocenters. The Labute approximate surface area is 122 Å². The molecule has 20 heavy (non-hydrogen) atoms. The van der Waals surface area contributed by atoms with E-state index < -0.39 is 0 Å². The van der Waals surface area contributed by atoms with Gasteiger partial charge in [-0.25, -0.2) is 0 Å².